The molecule has 1 amide bonds. The first-order valence-electron chi connectivity index (χ1n) is 8.26. The fourth-order valence-corrected chi connectivity index (χ4v) is 4.55. The van der Waals surface area contributed by atoms with Crippen LogP contribution in [0.1, 0.15) is 12.8 Å². The van der Waals surface area contributed by atoms with Crippen molar-refractivity contribution in [2.45, 2.75) is 22.6 Å². The second-order valence-corrected chi connectivity index (χ2v) is 8.43. The molecule has 2 aromatic rings. The highest BCUT2D eigenvalue weighted by molar-refractivity contribution is 8.23. The predicted molar refractivity (Wildman–Crippen MR) is 111 cm³/mol. The Morgan fingerprint density at radius 1 is 1.04 bits per heavy atom. The van der Waals surface area contributed by atoms with Crippen LogP contribution in [0.3, 0.4) is 0 Å². The van der Waals surface area contributed by atoms with Gasteiger partial charge in [0.25, 0.3) is 0 Å². The quantitative estimate of drug-likeness (QED) is 0.737. The number of carbonyl (C=O) groups is 1. The standard InChI is InChI=1S/C19H20N2OS3/c22-18(14-24-19(23)21-12-6-7-13-21)20-16-10-4-5-11-17(16)25-15-8-2-1-3-9-15/h1-5,8-11H,6-7,12-14H2,(H,20,22). The summed E-state index contributed by atoms with van der Waals surface area (Å²) in [5.74, 6) is 0.326. The molecule has 25 heavy (non-hydrogen) atoms. The molecule has 0 atom stereocenters. The minimum absolute atomic E-state index is 0.0207. The van der Waals surface area contributed by atoms with Gasteiger partial charge in [0.05, 0.1) is 11.4 Å². The van der Waals surface area contributed by atoms with Crippen LogP contribution in [-0.2, 0) is 4.79 Å². The highest BCUT2D eigenvalue weighted by atomic mass is 32.2. The highest BCUT2D eigenvalue weighted by Crippen LogP contribution is 2.33. The van der Waals surface area contributed by atoms with Crippen molar-refractivity contribution in [1.82, 2.24) is 4.90 Å². The lowest BCUT2D eigenvalue weighted by molar-refractivity contribution is -0.113. The lowest BCUT2D eigenvalue weighted by Gasteiger charge is -2.17. The van der Waals surface area contributed by atoms with Gasteiger partial charge in [0.1, 0.15) is 4.32 Å². The summed E-state index contributed by atoms with van der Waals surface area (Å²) >= 11 is 8.51. The van der Waals surface area contributed by atoms with Crippen molar-refractivity contribution >= 4 is 51.7 Å². The second-order valence-electron chi connectivity index (χ2n) is 5.71. The van der Waals surface area contributed by atoms with Crippen LogP contribution in [0.2, 0.25) is 0 Å². The van der Waals surface area contributed by atoms with Gasteiger partial charge >= 0.3 is 0 Å². The first-order valence-corrected chi connectivity index (χ1v) is 10.5. The molecular formula is C19H20N2OS3. The molecule has 1 aliphatic heterocycles. The maximum absolute atomic E-state index is 12.3. The third-order valence-corrected chi connectivity index (χ3v) is 6.43. The molecule has 1 fully saturated rings. The second kappa shape index (κ2) is 9.27. The fourth-order valence-electron chi connectivity index (χ4n) is 2.58. The number of hydrogen-bond donors (Lipinski definition) is 1. The van der Waals surface area contributed by atoms with E-state index in [-0.39, 0.29) is 5.91 Å². The summed E-state index contributed by atoms with van der Waals surface area (Å²) in [6.07, 6.45) is 2.38. The van der Waals surface area contributed by atoms with Crippen molar-refractivity contribution in [2.75, 3.05) is 24.2 Å². The first-order chi connectivity index (χ1) is 12.2. The van der Waals surface area contributed by atoms with E-state index in [9.17, 15) is 4.79 Å². The largest absolute Gasteiger partial charge is 0.358 e. The summed E-state index contributed by atoms with van der Waals surface area (Å²) in [6.45, 7) is 2.04. The van der Waals surface area contributed by atoms with Crippen LogP contribution in [0, 0.1) is 0 Å². The summed E-state index contributed by atoms with van der Waals surface area (Å²) in [5.41, 5.74) is 0.842. The zero-order valence-electron chi connectivity index (χ0n) is 13.8. The van der Waals surface area contributed by atoms with Crippen molar-refractivity contribution in [3.63, 3.8) is 0 Å². The number of thiocarbonyl (C=S) groups is 1. The molecule has 130 valence electrons. The van der Waals surface area contributed by atoms with Gasteiger partial charge in [0, 0.05) is 22.9 Å². The summed E-state index contributed by atoms with van der Waals surface area (Å²) in [7, 11) is 0. The number of likely N-dealkylation sites (tertiary alicyclic amines) is 1. The molecule has 6 heteroatoms. The molecule has 0 aliphatic carbocycles. The number of carbonyl (C=O) groups excluding carboxylic acids is 1. The summed E-state index contributed by atoms with van der Waals surface area (Å²) < 4.78 is 0.833. The maximum Gasteiger partial charge on any atom is 0.234 e. The molecule has 1 heterocycles. The van der Waals surface area contributed by atoms with Crippen LogP contribution in [0.4, 0.5) is 5.69 Å². The molecule has 1 N–H and O–H groups in total. The van der Waals surface area contributed by atoms with E-state index in [2.05, 4.69) is 22.3 Å². The summed E-state index contributed by atoms with van der Waals surface area (Å²) in [5, 5.41) is 3.02. The van der Waals surface area contributed by atoms with Gasteiger partial charge in [-0.15, -0.1) is 0 Å². The third kappa shape index (κ3) is 5.49. The molecule has 0 unspecified atom stereocenters. The normalized spacial score (nSPS) is 13.7. The Labute approximate surface area is 162 Å². The van der Waals surface area contributed by atoms with E-state index in [1.807, 2.05) is 42.5 Å². The molecule has 0 spiro atoms. The Hall–Kier alpha value is -1.50. The molecule has 0 aromatic heterocycles. The van der Waals surface area contributed by atoms with Gasteiger partial charge < -0.3 is 10.2 Å². The molecule has 3 nitrogen and oxygen atoms in total. The van der Waals surface area contributed by atoms with Crippen LogP contribution in [-0.4, -0.2) is 34.0 Å². The van der Waals surface area contributed by atoms with E-state index in [4.69, 9.17) is 12.2 Å². The zero-order valence-corrected chi connectivity index (χ0v) is 16.3. The van der Waals surface area contributed by atoms with Gasteiger partial charge in [0.15, 0.2) is 0 Å². The van der Waals surface area contributed by atoms with Gasteiger partial charge in [-0.05, 0) is 37.1 Å². The van der Waals surface area contributed by atoms with Gasteiger partial charge in [-0.2, -0.15) is 0 Å². The maximum atomic E-state index is 12.3. The molecule has 1 saturated heterocycles. The Morgan fingerprint density at radius 3 is 2.48 bits per heavy atom. The number of nitrogens with zero attached hydrogens (tertiary/aromatic N) is 1. The SMILES string of the molecule is O=C(CSC(=S)N1CCCC1)Nc1ccccc1Sc1ccccc1. The van der Waals surface area contributed by atoms with E-state index in [1.165, 1.54) is 24.6 Å². The molecule has 2 aromatic carbocycles. The average molecular weight is 389 g/mol. The van der Waals surface area contributed by atoms with Crippen LogP contribution in [0.15, 0.2) is 64.4 Å². The number of hydrogen-bond acceptors (Lipinski definition) is 4. The van der Waals surface area contributed by atoms with E-state index in [0.29, 0.717) is 5.75 Å². The Morgan fingerprint density at radius 2 is 1.72 bits per heavy atom. The predicted octanol–water partition coefficient (Wildman–Crippen LogP) is 4.89. The number of benzene rings is 2. The number of nitrogens with one attached hydrogen (secondary N) is 1. The van der Waals surface area contributed by atoms with Crippen LogP contribution >= 0.6 is 35.7 Å². The molecule has 0 radical (unpaired) electrons. The lowest BCUT2D eigenvalue weighted by Crippen LogP contribution is -2.25. The van der Waals surface area contributed by atoms with Gasteiger partial charge in [-0.25, -0.2) is 0 Å². The molecule has 0 saturated carbocycles. The van der Waals surface area contributed by atoms with Gasteiger partial charge in [-0.3, -0.25) is 4.79 Å². The zero-order chi connectivity index (χ0) is 17.5. The summed E-state index contributed by atoms with van der Waals surface area (Å²) in [4.78, 5) is 16.7. The Balaban J connectivity index is 1.56. The van der Waals surface area contributed by atoms with Crippen molar-refractivity contribution < 1.29 is 4.79 Å². The van der Waals surface area contributed by atoms with Crippen molar-refractivity contribution in [1.29, 1.82) is 0 Å². The van der Waals surface area contributed by atoms with Crippen LogP contribution in [0.5, 0.6) is 0 Å². The van der Waals surface area contributed by atoms with E-state index < -0.39 is 0 Å². The molecular weight excluding hydrogens is 368 g/mol. The summed E-state index contributed by atoms with van der Waals surface area (Å²) in [6, 6.07) is 18.0. The highest BCUT2D eigenvalue weighted by Gasteiger charge is 2.16. The minimum Gasteiger partial charge on any atom is -0.358 e. The third-order valence-electron chi connectivity index (χ3n) is 3.82. The van der Waals surface area contributed by atoms with Crippen molar-refractivity contribution in [3.05, 3.63) is 54.6 Å². The first kappa shape index (κ1) is 18.3. The minimum atomic E-state index is -0.0207. The Kier molecular flexibility index (Phi) is 6.78. The fraction of sp³-hybridized carbons (Fsp3) is 0.263. The van der Waals surface area contributed by atoms with Crippen LogP contribution < -0.4 is 5.32 Å². The number of rotatable bonds is 5. The number of anilines is 1. The number of amides is 1. The molecule has 3 rings (SSSR count). The van der Waals surface area contributed by atoms with Gasteiger partial charge in [0.2, 0.25) is 5.91 Å². The van der Waals surface area contributed by atoms with E-state index in [0.717, 1.165) is 32.9 Å². The number of thioether (sulfide) groups is 1. The van der Waals surface area contributed by atoms with Gasteiger partial charge in [-0.1, -0.05) is 66.1 Å². The Bertz CT molecular complexity index is 730. The van der Waals surface area contributed by atoms with E-state index in [1.54, 1.807) is 11.8 Å². The topological polar surface area (TPSA) is 32.3 Å². The smallest absolute Gasteiger partial charge is 0.234 e. The van der Waals surface area contributed by atoms with Crippen molar-refractivity contribution in [3.8, 4) is 0 Å². The number of para-hydroxylation sites is 1. The average Bonchev–Trinajstić information content (AvgIpc) is 3.17. The molecule has 0 bridgehead atoms. The van der Waals surface area contributed by atoms with Crippen LogP contribution in [0.25, 0.3) is 0 Å². The monoisotopic (exact) mass is 388 g/mol. The van der Waals surface area contributed by atoms with E-state index >= 15 is 0 Å². The lowest BCUT2D eigenvalue weighted by atomic mass is 10.3. The molecule has 1 aliphatic rings. The van der Waals surface area contributed by atoms with Crippen molar-refractivity contribution in [2.24, 2.45) is 0 Å².